The van der Waals surface area contributed by atoms with E-state index in [0.717, 1.165) is 37.6 Å². The molecule has 1 saturated heterocycles. The Morgan fingerprint density at radius 3 is 3.00 bits per heavy atom. The predicted molar refractivity (Wildman–Crippen MR) is 68.9 cm³/mol. The van der Waals surface area contributed by atoms with E-state index in [9.17, 15) is 0 Å². The van der Waals surface area contributed by atoms with Crippen LogP contribution in [0.25, 0.3) is 0 Å². The van der Waals surface area contributed by atoms with E-state index >= 15 is 0 Å². The molecular weight excluding hydrogens is 214 g/mol. The van der Waals surface area contributed by atoms with Gasteiger partial charge in [-0.1, -0.05) is 0 Å². The quantitative estimate of drug-likeness (QED) is 0.777. The first-order chi connectivity index (χ1) is 8.16. The van der Waals surface area contributed by atoms with Crippen LogP contribution in [-0.2, 0) is 6.54 Å². The highest BCUT2D eigenvalue weighted by atomic mass is 15.3. The molecule has 5 heteroatoms. The number of aromatic nitrogens is 2. The van der Waals surface area contributed by atoms with E-state index in [1.54, 1.807) is 6.33 Å². The van der Waals surface area contributed by atoms with Crippen LogP contribution in [0.5, 0.6) is 0 Å². The van der Waals surface area contributed by atoms with Crippen LogP contribution in [0.4, 0.5) is 0 Å². The van der Waals surface area contributed by atoms with E-state index in [0.29, 0.717) is 6.04 Å². The fourth-order valence-corrected chi connectivity index (χ4v) is 2.24. The minimum absolute atomic E-state index is 0.605. The number of imidazole rings is 1. The maximum Gasteiger partial charge on any atom is 0.0925 e. The minimum atomic E-state index is 0.605. The van der Waals surface area contributed by atoms with Crippen LogP contribution in [0.3, 0.4) is 0 Å². The van der Waals surface area contributed by atoms with Gasteiger partial charge in [-0.25, -0.2) is 4.98 Å². The third kappa shape index (κ3) is 3.28. The second kappa shape index (κ2) is 5.62. The van der Waals surface area contributed by atoms with E-state index in [2.05, 4.69) is 46.1 Å². The van der Waals surface area contributed by atoms with Gasteiger partial charge in [-0.05, 0) is 21.0 Å². The Labute approximate surface area is 103 Å². The molecule has 1 unspecified atom stereocenters. The standard InChI is InChI=1S/C12H23N5/c1-10-12(15-9-14-10)7-13-6-11-8-16(2)4-5-17(11)3/h9,11,13H,4-8H2,1-3H3,(H,14,15). The summed E-state index contributed by atoms with van der Waals surface area (Å²) in [5, 5.41) is 3.50. The molecule has 1 aliphatic rings. The monoisotopic (exact) mass is 237 g/mol. The molecule has 0 amide bonds. The van der Waals surface area contributed by atoms with E-state index in [-0.39, 0.29) is 0 Å². The lowest BCUT2D eigenvalue weighted by molar-refractivity contribution is 0.113. The van der Waals surface area contributed by atoms with Crippen LogP contribution in [0.15, 0.2) is 6.33 Å². The molecule has 1 aromatic heterocycles. The average molecular weight is 237 g/mol. The Balaban J connectivity index is 1.76. The SMILES string of the molecule is Cc1[nH]cnc1CNCC1CN(C)CCN1C. The smallest absolute Gasteiger partial charge is 0.0925 e. The Morgan fingerprint density at radius 1 is 1.47 bits per heavy atom. The van der Waals surface area contributed by atoms with Crippen molar-refractivity contribution in [3.05, 3.63) is 17.7 Å². The van der Waals surface area contributed by atoms with Crippen LogP contribution in [0.1, 0.15) is 11.4 Å². The van der Waals surface area contributed by atoms with Crippen molar-refractivity contribution in [2.45, 2.75) is 19.5 Å². The van der Waals surface area contributed by atoms with E-state index in [4.69, 9.17) is 0 Å². The fraction of sp³-hybridized carbons (Fsp3) is 0.750. The summed E-state index contributed by atoms with van der Waals surface area (Å²) in [7, 11) is 4.40. The molecule has 17 heavy (non-hydrogen) atoms. The molecule has 1 aromatic rings. The largest absolute Gasteiger partial charge is 0.348 e. The van der Waals surface area contributed by atoms with Crippen LogP contribution < -0.4 is 5.32 Å². The number of likely N-dealkylation sites (N-methyl/N-ethyl adjacent to an activating group) is 2. The summed E-state index contributed by atoms with van der Waals surface area (Å²) in [6, 6.07) is 0.605. The molecule has 0 spiro atoms. The summed E-state index contributed by atoms with van der Waals surface area (Å²) >= 11 is 0. The topological polar surface area (TPSA) is 47.2 Å². The number of nitrogens with one attached hydrogen (secondary N) is 2. The third-order valence-electron chi connectivity index (χ3n) is 3.59. The van der Waals surface area contributed by atoms with Crippen LogP contribution in [0.2, 0.25) is 0 Å². The van der Waals surface area contributed by atoms with Gasteiger partial charge in [-0.3, -0.25) is 4.90 Å². The normalized spacial score (nSPS) is 23.1. The number of aryl methyl sites for hydroxylation is 1. The van der Waals surface area contributed by atoms with E-state index in [1.807, 2.05) is 0 Å². The zero-order valence-corrected chi connectivity index (χ0v) is 11.0. The van der Waals surface area contributed by atoms with Crippen molar-refractivity contribution in [3.63, 3.8) is 0 Å². The highest BCUT2D eigenvalue weighted by molar-refractivity contribution is 5.08. The van der Waals surface area contributed by atoms with Crippen molar-refractivity contribution in [1.82, 2.24) is 25.1 Å². The predicted octanol–water partition coefficient (Wildman–Crippen LogP) is 0.0535. The number of hydrogen-bond acceptors (Lipinski definition) is 4. The number of hydrogen-bond donors (Lipinski definition) is 2. The third-order valence-corrected chi connectivity index (χ3v) is 3.59. The molecule has 0 aliphatic carbocycles. The number of piperazine rings is 1. The van der Waals surface area contributed by atoms with Gasteiger partial charge in [0.15, 0.2) is 0 Å². The van der Waals surface area contributed by atoms with Crippen molar-refractivity contribution in [1.29, 1.82) is 0 Å². The second-order valence-corrected chi connectivity index (χ2v) is 5.00. The Bertz CT molecular complexity index is 348. The maximum absolute atomic E-state index is 4.29. The summed E-state index contributed by atoms with van der Waals surface area (Å²) in [4.78, 5) is 12.2. The molecule has 0 aromatic carbocycles. The highest BCUT2D eigenvalue weighted by Crippen LogP contribution is 2.05. The maximum atomic E-state index is 4.29. The summed E-state index contributed by atoms with van der Waals surface area (Å²) in [6.45, 7) is 7.40. The summed E-state index contributed by atoms with van der Waals surface area (Å²) in [5.41, 5.74) is 2.28. The molecule has 2 N–H and O–H groups in total. The number of aromatic amines is 1. The van der Waals surface area contributed by atoms with Crippen LogP contribution in [0, 0.1) is 6.92 Å². The van der Waals surface area contributed by atoms with Crippen molar-refractivity contribution in [2.24, 2.45) is 0 Å². The number of nitrogens with zero attached hydrogens (tertiary/aromatic N) is 3. The first-order valence-corrected chi connectivity index (χ1v) is 6.25. The fourth-order valence-electron chi connectivity index (χ4n) is 2.24. The Morgan fingerprint density at radius 2 is 2.29 bits per heavy atom. The Kier molecular flexibility index (Phi) is 4.15. The molecule has 2 heterocycles. The first kappa shape index (κ1) is 12.5. The van der Waals surface area contributed by atoms with Gasteiger partial charge >= 0.3 is 0 Å². The molecule has 96 valence electrons. The van der Waals surface area contributed by atoms with Gasteiger partial charge < -0.3 is 15.2 Å². The summed E-state index contributed by atoms with van der Waals surface area (Å²) < 4.78 is 0. The van der Waals surface area contributed by atoms with Gasteiger partial charge in [0.2, 0.25) is 0 Å². The van der Waals surface area contributed by atoms with Crippen molar-refractivity contribution in [2.75, 3.05) is 40.3 Å². The van der Waals surface area contributed by atoms with Gasteiger partial charge in [0.25, 0.3) is 0 Å². The lowest BCUT2D eigenvalue weighted by Gasteiger charge is -2.37. The first-order valence-electron chi connectivity index (χ1n) is 6.25. The van der Waals surface area contributed by atoms with Gasteiger partial charge in [-0.2, -0.15) is 0 Å². The molecule has 1 fully saturated rings. The van der Waals surface area contributed by atoms with Gasteiger partial charge in [0, 0.05) is 44.5 Å². The molecule has 1 atom stereocenters. The number of H-pyrrole nitrogens is 1. The molecule has 1 aliphatic heterocycles. The minimum Gasteiger partial charge on any atom is -0.348 e. The van der Waals surface area contributed by atoms with Gasteiger partial charge in [0.1, 0.15) is 0 Å². The molecule has 2 rings (SSSR count). The molecule has 5 nitrogen and oxygen atoms in total. The summed E-state index contributed by atoms with van der Waals surface area (Å²) in [5.74, 6) is 0. The van der Waals surface area contributed by atoms with Crippen molar-refractivity contribution in [3.8, 4) is 0 Å². The van der Waals surface area contributed by atoms with Crippen molar-refractivity contribution >= 4 is 0 Å². The van der Waals surface area contributed by atoms with Crippen LogP contribution in [-0.4, -0.2) is 66.1 Å². The zero-order valence-electron chi connectivity index (χ0n) is 11.0. The zero-order chi connectivity index (χ0) is 12.3. The van der Waals surface area contributed by atoms with E-state index in [1.165, 1.54) is 6.54 Å². The number of rotatable bonds is 4. The molecule has 0 radical (unpaired) electrons. The molecule has 0 bridgehead atoms. The second-order valence-electron chi connectivity index (χ2n) is 5.00. The highest BCUT2D eigenvalue weighted by Gasteiger charge is 2.21. The summed E-state index contributed by atoms with van der Waals surface area (Å²) in [6.07, 6.45) is 1.76. The molecular formula is C12H23N5. The van der Waals surface area contributed by atoms with Gasteiger partial charge in [-0.15, -0.1) is 0 Å². The molecule has 0 saturated carbocycles. The lowest BCUT2D eigenvalue weighted by Crippen LogP contribution is -2.53. The van der Waals surface area contributed by atoms with E-state index < -0.39 is 0 Å². The average Bonchev–Trinajstić information content (AvgIpc) is 2.70. The Hall–Kier alpha value is -0.910. The van der Waals surface area contributed by atoms with Crippen LogP contribution >= 0.6 is 0 Å². The van der Waals surface area contributed by atoms with Gasteiger partial charge in [0.05, 0.1) is 12.0 Å². The lowest BCUT2D eigenvalue weighted by atomic mass is 10.2. The van der Waals surface area contributed by atoms with Crippen molar-refractivity contribution < 1.29 is 0 Å².